The number of ether oxygens (including phenoxy) is 2. The third kappa shape index (κ3) is 3.20. The van der Waals surface area contributed by atoms with Gasteiger partial charge in [-0.15, -0.1) is 0 Å². The Kier molecular flexibility index (Phi) is 3.98. The van der Waals surface area contributed by atoms with Gasteiger partial charge in [-0.05, 0) is 28.1 Å². The molecule has 0 radical (unpaired) electrons. The molecule has 0 aliphatic carbocycles. The number of methoxy groups -OCH3 is 1. The summed E-state index contributed by atoms with van der Waals surface area (Å²) in [4.78, 5) is 4.04. The first kappa shape index (κ1) is 11.9. The van der Waals surface area contributed by atoms with Crippen LogP contribution < -0.4 is 9.47 Å². The van der Waals surface area contributed by atoms with Crippen LogP contribution in [0.3, 0.4) is 0 Å². The topological polar surface area (TPSA) is 31.4 Å². The number of pyridine rings is 1. The Morgan fingerprint density at radius 1 is 1.24 bits per heavy atom. The van der Waals surface area contributed by atoms with Crippen molar-refractivity contribution >= 4 is 15.9 Å². The Hall–Kier alpha value is -1.55. The monoisotopic (exact) mass is 293 g/mol. The van der Waals surface area contributed by atoms with E-state index in [0.717, 1.165) is 21.5 Å². The van der Waals surface area contributed by atoms with Crippen molar-refractivity contribution < 1.29 is 9.47 Å². The number of hydrogen-bond acceptors (Lipinski definition) is 3. The standard InChI is InChI=1S/C13H12BrNO2/c1-16-13-5-3-2-4-10(13)9-17-12-6-11(14)7-15-8-12/h2-8H,9H2,1H3. The number of rotatable bonds is 4. The molecule has 0 unspecified atom stereocenters. The first-order valence-electron chi connectivity index (χ1n) is 5.15. The van der Waals surface area contributed by atoms with Crippen LogP contribution in [-0.4, -0.2) is 12.1 Å². The van der Waals surface area contributed by atoms with Crippen LogP contribution in [-0.2, 0) is 6.61 Å². The molecule has 88 valence electrons. The lowest BCUT2D eigenvalue weighted by molar-refractivity contribution is 0.295. The molecule has 2 rings (SSSR count). The summed E-state index contributed by atoms with van der Waals surface area (Å²) in [6, 6.07) is 9.66. The maximum Gasteiger partial charge on any atom is 0.139 e. The largest absolute Gasteiger partial charge is 0.496 e. The fourth-order valence-electron chi connectivity index (χ4n) is 1.45. The van der Waals surface area contributed by atoms with Crippen LogP contribution in [0, 0.1) is 0 Å². The summed E-state index contributed by atoms with van der Waals surface area (Å²) in [5.41, 5.74) is 1.01. The molecule has 0 saturated carbocycles. The van der Waals surface area contributed by atoms with E-state index < -0.39 is 0 Å². The van der Waals surface area contributed by atoms with Crippen LogP contribution in [0.5, 0.6) is 11.5 Å². The van der Waals surface area contributed by atoms with Gasteiger partial charge in [0, 0.05) is 16.2 Å². The molecule has 0 atom stereocenters. The van der Waals surface area contributed by atoms with Gasteiger partial charge in [0.15, 0.2) is 0 Å². The fraction of sp³-hybridized carbons (Fsp3) is 0.154. The summed E-state index contributed by atoms with van der Waals surface area (Å²) < 4.78 is 11.8. The zero-order valence-corrected chi connectivity index (χ0v) is 11.0. The van der Waals surface area contributed by atoms with Gasteiger partial charge in [-0.3, -0.25) is 4.98 Å². The minimum absolute atomic E-state index is 0.460. The van der Waals surface area contributed by atoms with Crippen molar-refractivity contribution in [3.8, 4) is 11.5 Å². The van der Waals surface area contributed by atoms with Crippen LogP contribution in [0.25, 0.3) is 0 Å². The Morgan fingerprint density at radius 3 is 2.82 bits per heavy atom. The second kappa shape index (κ2) is 5.68. The molecule has 3 nitrogen and oxygen atoms in total. The lowest BCUT2D eigenvalue weighted by atomic mass is 10.2. The number of benzene rings is 1. The second-order valence-electron chi connectivity index (χ2n) is 3.44. The highest BCUT2D eigenvalue weighted by Crippen LogP contribution is 2.21. The molecule has 0 saturated heterocycles. The Bertz CT molecular complexity index is 502. The van der Waals surface area contributed by atoms with Crippen LogP contribution in [0.15, 0.2) is 47.2 Å². The molecule has 0 aliphatic rings. The first-order valence-corrected chi connectivity index (χ1v) is 5.94. The van der Waals surface area contributed by atoms with Crippen molar-refractivity contribution in [3.05, 3.63) is 52.8 Å². The Balaban J connectivity index is 2.07. The van der Waals surface area contributed by atoms with E-state index in [2.05, 4.69) is 20.9 Å². The smallest absolute Gasteiger partial charge is 0.139 e. The van der Waals surface area contributed by atoms with Gasteiger partial charge < -0.3 is 9.47 Å². The number of aromatic nitrogens is 1. The van der Waals surface area contributed by atoms with Crippen LogP contribution in [0.4, 0.5) is 0 Å². The van der Waals surface area contributed by atoms with E-state index in [4.69, 9.17) is 9.47 Å². The lowest BCUT2D eigenvalue weighted by Gasteiger charge is -2.09. The predicted molar refractivity (Wildman–Crippen MR) is 69.3 cm³/mol. The van der Waals surface area contributed by atoms with Gasteiger partial charge in [-0.2, -0.15) is 0 Å². The molecule has 0 N–H and O–H groups in total. The minimum Gasteiger partial charge on any atom is -0.496 e. The zero-order chi connectivity index (χ0) is 12.1. The molecule has 0 aliphatic heterocycles. The van der Waals surface area contributed by atoms with Gasteiger partial charge in [-0.1, -0.05) is 18.2 Å². The van der Waals surface area contributed by atoms with Crippen molar-refractivity contribution in [2.75, 3.05) is 7.11 Å². The zero-order valence-electron chi connectivity index (χ0n) is 9.39. The summed E-state index contributed by atoms with van der Waals surface area (Å²) in [5.74, 6) is 1.56. The van der Waals surface area contributed by atoms with Crippen molar-refractivity contribution in [1.29, 1.82) is 0 Å². The van der Waals surface area contributed by atoms with E-state index >= 15 is 0 Å². The SMILES string of the molecule is COc1ccccc1COc1cncc(Br)c1. The van der Waals surface area contributed by atoms with Crippen LogP contribution >= 0.6 is 15.9 Å². The highest BCUT2D eigenvalue weighted by molar-refractivity contribution is 9.10. The summed E-state index contributed by atoms with van der Waals surface area (Å²) in [5, 5.41) is 0. The molecule has 0 spiro atoms. The minimum atomic E-state index is 0.460. The maximum absolute atomic E-state index is 5.64. The van der Waals surface area contributed by atoms with E-state index in [1.54, 1.807) is 19.5 Å². The first-order chi connectivity index (χ1) is 8.29. The molecule has 0 fully saturated rings. The third-order valence-corrected chi connectivity index (χ3v) is 2.70. The summed E-state index contributed by atoms with van der Waals surface area (Å²) in [7, 11) is 1.65. The molecular weight excluding hydrogens is 282 g/mol. The molecular formula is C13H12BrNO2. The Labute approximate surface area is 109 Å². The van der Waals surface area contributed by atoms with E-state index in [-0.39, 0.29) is 0 Å². The second-order valence-corrected chi connectivity index (χ2v) is 4.36. The fourth-order valence-corrected chi connectivity index (χ4v) is 1.80. The third-order valence-electron chi connectivity index (χ3n) is 2.27. The Morgan fingerprint density at radius 2 is 2.06 bits per heavy atom. The van der Waals surface area contributed by atoms with Gasteiger partial charge in [-0.25, -0.2) is 0 Å². The van der Waals surface area contributed by atoms with Crippen molar-refractivity contribution in [3.63, 3.8) is 0 Å². The van der Waals surface area contributed by atoms with Gasteiger partial charge in [0.25, 0.3) is 0 Å². The molecule has 17 heavy (non-hydrogen) atoms. The molecule has 0 amide bonds. The molecule has 1 aromatic heterocycles. The quantitative estimate of drug-likeness (QED) is 0.865. The summed E-state index contributed by atoms with van der Waals surface area (Å²) in [6.07, 6.45) is 3.40. The van der Waals surface area contributed by atoms with Gasteiger partial charge in [0.1, 0.15) is 18.1 Å². The highest BCUT2D eigenvalue weighted by atomic mass is 79.9. The van der Waals surface area contributed by atoms with Crippen molar-refractivity contribution in [2.45, 2.75) is 6.61 Å². The van der Waals surface area contributed by atoms with E-state index in [0.29, 0.717) is 6.61 Å². The van der Waals surface area contributed by atoms with Crippen molar-refractivity contribution in [2.24, 2.45) is 0 Å². The summed E-state index contributed by atoms with van der Waals surface area (Å²) >= 11 is 3.35. The number of nitrogens with zero attached hydrogens (tertiary/aromatic N) is 1. The molecule has 2 aromatic rings. The maximum atomic E-state index is 5.64. The molecule has 0 bridgehead atoms. The van der Waals surface area contributed by atoms with E-state index in [9.17, 15) is 0 Å². The summed E-state index contributed by atoms with van der Waals surface area (Å²) in [6.45, 7) is 0.460. The molecule has 1 heterocycles. The van der Waals surface area contributed by atoms with Crippen molar-refractivity contribution in [1.82, 2.24) is 4.98 Å². The van der Waals surface area contributed by atoms with Crippen LogP contribution in [0.2, 0.25) is 0 Å². The van der Waals surface area contributed by atoms with Crippen LogP contribution in [0.1, 0.15) is 5.56 Å². The van der Waals surface area contributed by atoms with E-state index in [1.165, 1.54) is 0 Å². The lowest BCUT2D eigenvalue weighted by Crippen LogP contribution is -1.98. The normalized spacial score (nSPS) is 10.0. The number of hydrogen-bond donors (Lipinski definition) is 0. The number of para-hydroxylation sites is 1. The predicted octanol–water partition coefficient (Wildman–Crippen LogP) is 3.43. The highest BCUT2D eigenvalue weighted by Gasteiger charge is 2.02. The van der Waals surface area contributed by atoms with Gasteiger partial charge >= 0.3 is 0 Å². The van der Waals surface area contributed by atoms with E-state index in [1.807, 2.05) is 30.3 Å². The van der Waals surface area contributed by atoms with Gasteiger partial charge in [0.2, 0.25) is 0 Å². The number of halogens is 1. The van der Waals surface area contributed by atoms with Gasteiger partial charge in [0.05, 0.1) is 13.3 Å². The molecule has 4 heteroatoms. The average molecular weight is 294 g/mol. The average Bonchev–Trinajstić information content (AvgIpc) is 2.37. The molecule has 1 aromatic carbocycles.